The van der Waals surface area contributed by atoms with Gasteiger partial charge in [0.1, 0.15) is 11.0 Å². The summed E-state index contributed by atoms with van der Waals surface area (Å²) >= 11 is 0. The summed E-state index contributed by atoms with van der Waals surface area (Å²) in [6.45, 7) is 6.04. The van der Waals surface area contributed by atoms with Gasteiger partial charge in [-0.3, -0.25) is 0 Å². The molecule has 2 atom stereocenters. The molecule has 0 bridgehead atoms. The zero-order chi connectivity index (χ0) is 18.0. The highest BCUT2D eigenvalue weighted by Gasteiger charge is 2.32. The summed E-state index contributed by atoms with van der Waals surface area (Å²) in [6.07, 6.45) is 0.133. The van der Waals surface area contributed by atoms with Crippen LogP contribution in [0.5, 0.6) is 0 Å². The Morgan fingerprint density at radius 2 is 1.68 bits per heavy atom. The first-order valence-corrected chi connectivity index (χ1v) is 10.0. The third kappa shape index (κ3) is 4.63. The third-order valence-corrected chi connectivity index (χ3v) is 6.76. The predicted octanol–water partition coefficient (Wildman–Crippen LogP) is 3.92. The molecule has 1 aromatic rings. The molecular formula is C18H25F3N2OS. The average molecular weight is 374 g/mol. The Morgan fingerprint density at radius 1 is 1.04 bits per heavy atom. The SMILES string of the molecule is CC1CCCN(C2CCN(S(=O)c3ccc(C(F)(F)F)cc3)CC2)C1. The van der Waals surface area contributed by atoms with Crippen LogP contribution >= 0.6 is 0 Å². The quantitative estimate of drug-likeness (QED) is 0.801. The van der Waals surface area contributed by atoms with Gasteiger partial charge in [-0.15, -0.1) is 0 Å². The van der Waals surface area contributed by atoms with Gasteiger partial charge < -0.3 is 4.90 Å². The molecule has 25 heavy (non-hydrogen) atoms. The van der Waals surface area contributed by atoms with Crippen molar-refractivity contribution in [3.63, 3.8) is 0 Å². The Kier molecular flexibility index (Phi) is 5.85. The van der Waals surface area contributed by atoms with Crippen LogP contribution < -0.4 is 0 Å². The zero-order valence-corrected chi connectivity index (χ0v) is 15.3. The molecule has 0 N–H and O–H groups in total. The van der Waals surface area contributed by atoms with Gasteiger partial charge in [-0.05, 0) is 62.4 Å². The van der Waals surface area contributed by atoms with Crippen molar-refractivity contribution in [2.75, 3.05) is 26.2 Å². The summed E-state index contributed by atoms with van der Waals surface area (Å²) in [4.78, 5) is 3.00. The average Bonchev–Trinajstić information content (AvgIpc) is 2.61. The van der Waals surface area contributed by atoms with Gasteiger partial charge in [0.15, 0.2) is 0 Å². The van der Waals surface area contributed by atoms with Crippen molar-refractivity contribution >= 4 is 11.0 Å². The molecule has 2 saturated heterocycles. The summed E-state index contributed by atoms with van der Waals surface area (Å²) < 4.78 is 52.4. The molecular weight excluding hydrogens is 349 g/mol. The topological polar surface area (TPSA) is 23.6 Å². The van der Waals surface area contributed by atoms with Crippen molar-refractivity contribution in [1.29, 1.82) is 0 Å². The number of halogens is 3. The van der Waals surface area contributed by atoms with E-state index in [-0.39, 0.29) is 0 Å². The van der Waals surface area contributed by atoms with E-state index in [2.05, 4.69) is 11.8 Å². The molecule has 2 unspecified atom stereocenters. The predicted molar refractivity (Wildman–Crippen MR) is 92.4 cm³/mol. The van der Waals surface area contributed by atoms with Crippen molar-refractivity contribution in [3.8, 4) is 0 Å². The van der Waals surface area contributed by atoms with Gasteiger partial charge in [-0.2, -0.15) is 13.2 Å². The van der Waals surface area contributed by atoms with Gasteiger partial charge in [0.25, 0.3) is 0 Å². The van der Waals surface area contributed by atoms with Crippen LogP contribution in [0.15, 0.2) is 29.2 Å². The van der Waals surface area contributed by atoms with Crippen LogP contribution in [0, 0.1) is 5.92 Å². The van der Waals surface area contributed by atoms with Gasteiger partial charge >= 0.3 is 6.18 Å². The van der Waals surface area contributed by atoms with Gasteiger partial charge in [0.05, 0.1) is 10.5 Å². The fourth-order valence-corrected chi connectivity index (χ4v) is 5.05. The molecule has 2 heterocycles. The van der Waals surface area contributed by atoms with Crippen LogP contribution in [0.1, 0.15) is 38.2 Å². The monoisotopic (exact) mass is 374 g/mol. The standard InChI is InChI=1S/C18H25F3N2OS/c1-14-3-2-10-22(13-14)16-8-11-23(12-9-16)25(24)17-6-4-15(5-7-17)18(19,20)21/h4-7,14,16H,2-3,8-13H2,1H3. The molecule has 0 radical (unpaired) electrons. The Morgan fingerprint density at radius 3 is 2.24 bits per heavy atom. The number of likely N-dealkylation sites (tertiary alicyclic amines) is 1. The molecule has 0 saturated carbocycles. The Balaban J connectivity index is 1.56. The Labute approximate surface area is 149 Å². The van der Waals surface area contributed by atoms with Crippen molar-refractivity contribution in [1.82, 2.24) is 9.21 Å². The summed E-state index contributed by atoms with van der Waals surface area (Å²) in [5.74, 6) is 0.744. The van der Waals surface area contributed by atoms with Crippen molar-refractivity contribution in [3.05, 3.63) is 29.8 Å². The van der Waals surface area contributed by atoms with Crippen molar-refractivity contribution in [2.24, 2.45) is 5.92 Å². The molecule has 2 aliphatic rings. The van der Waals surface area contributed by atoms with E-state index in [0.29, 0.717) is 10.9 Å². The third-order valence-electron chi connectivity index (χ3n) is 5.25. The molecule has 0 spiro atoms. The number of nitrogens with zero attached hydrogens (tertiary/aromatic N) is 2. The molecule has 7 heteroatoms. The summed E-state index contributed by atoms with van der Waals surface area (Å²) in [5.41, 5.74) is -0.703. The molecule has 0 aromatic heterocycles. The fourth-order valence-electron chi connectivity index (χ4n) is 3.84. The van der Waals surface area contributed by atoms with Crippen molar-refractivity contribution in [2.45, 2.75) is 49.7 Å². The summed E-state index contributed by atoms with van der Waals surface area (Å²) in [7, 11) is -1.38. The summed E-state index contributed by atoms with van der Waals surface area (Å²) in [6, 6.07) is 5.22. The maximum atomic E-state index is 12.6. The van der Waals surface area contributed by atoms with Crippen LogP contribution in [0.25, 0.3) is 0 Å². The van der Waals surface area contributed by atoms with Gasteiger partial charge in [-0.25, -0.2) is 8.51 Å². The first-order valence-electron chi connectivity index (χ1n) is 8.93. The zero-order valence-electron chi connectivity index (χ0n) is 14.5. The number of rotatable bonds is 3. The van der Waals surface area contributed by atoms with E-state index in [1.165, 1.54) is 25.0 Å². The number of hydrogen-bond acceptors (Lipinski definition) is 2. The lowest BCUT2D eigenvalue weighted by Crippen LogP contribution is -2.48. The Hall–Kier alpha value is -0.920. The minimum atomic E-state index is -4.36. The fraction of sp³-hybridized carbons (Fsp3) is 0.667. The number of piperidine rings is 2. The molecule has 3 rings (SSSR count). The molecule has 1 aromatic carbocycles. The molecule has 0 aliphatic carbocycles. The smallest absolute Gasteiger partial charge is 0.300 e. The number of benzene rings is 1. The first-order chi connectivity index (χ1) is 11.8. The second-order valence-electron chi connectivity index (χ2n) is 7.17. The normalized spacial score (nSPS) is 25.8. The van der Waals surface area contributed by atoms with Crippen LogP contribution in [0.3, 0.4) is 0 Å². The van der Waals surface area contributed by atoms with Crippen LogP contribution in [-0.4, -0.2) is 45.6 Å². The number of hydrogen-bond donors (Lipinski definition) is 0. The van der Waals surface area contributed by atoms with E-state index in [0.717, 1.165) is 57.1 Å². The molecule has 2 aliphatic heterocycles. The minimum absolute atomic E-state index is 0.443. The van der Waals surface area contributed by atoms with E-state index in [1.54, 1.807) is 0 Å². The lowest BCUT2D eigenvalue weighted by Gasteiger charge is -2.41. The largest absolute Gasteiger partial charge is 0.416 e. The van der Waals surface area contributed by atoms with Crippen LogP contribution in [0.4, 0.5) is 13.2 Å². The van der Waals surface area contributed by atoms with Gasteiger partial charge in [-0.1, -0.05) is 6.92 Å². The minimum Gasteiger partial charge on any atom is -0.300 e. The summed E-state index contributed by atoms with van der Waals surface area (Å²) in [5, 5.41) is 0. The molecule has 3 nitrogen and oxygen atoms in total. The van der Waals surface area contributed by atoms with E-state index < -0.39 is 22.7 Å². The van der Waals surface area contributed by atoms with Crippen LogP contribution in [-0.2, 0) is 17.2 Å². The highest BCUT2D eigenvalue weighted by molar-refractivity contribution is 7.82. The van der Waals surface area contributed by atoms with E-state index in [9.17, 15) is 17.4 Å². The van der Waals surface area contributed by atoms with E-state index in [4.69, 9.17) is 0 Å². The van der Waals surface area contributed by atoms with E-state index in [1.807, 2.05) is 4.31 Å². The Bertz CT molecular complexity index is 597. The highest BCUT2D eigenvalue weighted by atomic mass is 32.2. The van der Waals surface area contributed by atoms with Gasteiger partial charge in [0, 0.05) is 25.7 Å². The maximum Gasteiger partial charge on any atom is 0.416 e. The van der Waals surface area contributed by atoms with Gasteiger partial charge in [0.2, 0.25) is 0 Å². The lowest BCUT2D eigenvalue weighted by molar-refractivity contribution is -0.137. The van der Waals surface area contributed by atoms with E-state index >= 15 is 0 Å². The lowest BCUT2D eigenvalue weighted by atomic mass is 9.96. The van der Waals surface area contributed by atoms with Crippen molar-refractivity contribution < 1.29 is 17.4 Å². The highest BCUT2D eigenvalue weighted by Crippen LogP contribution is 2.30. The van der Waals surface area contributed by atoms with Crippen LogP contribution in [0.2, 0.25) is 0 Å². The number of alkyl halides is 3. The molecule has 2 fully saturated rings. The maximum absolute atomic E-state index is 12.6. The second-order valence-corrected chi connectivity index (χ2v) is 8.66. The first kappa shape index (κ1) is 18.9. The second kappa shape index (κ2) is 7.76. The molecule has 0 amide bonds. The molecule has 140 valence electrons.